The van der Waals surface area contributed by atoms with Gasteiger partial charge in [0, 0.05) is 11.6 Å². The largest absolute Gasteiger partial charge is 0.411 e. The minimum Gasteiger partial charge on any atom is -0.411 e. The fourth-order valence-electron chi connectivity index (χ4n) is 2.04. The lowest BCUT2D eigenvalue weighted by Gasteiger charge is -2.18. The van der Waals surface area contributed by atoms with E-state index in [1.54, 1.807) is 0 Å². The lowest BCUT2D eigenvalue weighted by Crippen LogP contribution is -2.33. The molecular formula is C18H25N3O2S. The second kappa shape index (κ2) is 7.83. The van der Waals surface area contributed by atoms with Crippen LogP contribution in [0.3, 0.4) is 0 Å². The first-order valence-corrected chi connectivity index (χ1v) is 9.14. The predicted octanol–water partition coefficient (Wildman–Crippen LogP) is 4.04. The molecular weight excluding hydrogens is 322 g/mol. The number of carbonyl (C=O) groups is 1. The Morgan fingerprint density at radius 2 is 1.92 bits per heavy atom. The summed E-state index contributed by atoms with van der Waals surface area (Å²) in [6, 6.07) is 8.30. The number of benzene rings is 1. The molecule has 0 radical (unpaired) electrons. The highest BCUT2D eigenvalue weighted by Gasteiger charge is 2.15. The van der Waals surface area contributed by atoms with Crippen LogP contribution in [0.5, 0.6) is 0 Å². The van der Waals surface area contributed by atoms with E-state index in [0.717, 1.165) is 12.0 Å². The number of nitrogens with zero attached hydrogens (tertiary/aromatic N) is 2. The first kappa shape index (κ1) is 18.5. The summed E-state index contributed by atoms with van der Waals surface area (Å²) in [4.78, 5) is 11.8. The molecule has 24 heavy (non-hydrogen) atoms. The number of hydrogen-bond donors (Lipinski definition) is 1. The molecule has 0 fully saturated rings. The summed E-state index contributed by atoms with van der Waals surface area (Å²) in [5.41, 5.74) is 2.24. The number of aromatic nitrogens is 2. The maximum Gasteiger partial charge on any atom is 0.277 e. The second-order valence-electron chi connectivity index (χ2n) is 6.87. The first-order valence-electron chi connectivity index (χ1n) is 8.16. The summed E-state index contributed by atoms with van der Waals surface area (Å²) in [5.74, 6) is 0.721. The molecule has 1 aromatic heterocycles. The average molecular weight is 347 g/mol. The Bertz CT molecular complexity index is 674. The predicted molar refractivity (Wildman–Crippen MR) is 97.1 cm³/mol. The van der Waals surface area contributed by atoms with Gasteiger partial charge in [-0.3, -0.25) is 4.79 Å². The SMILES string of the molecule is CC[C@H](C)NC(=O)CSc1nnc(-c2ccc(C(C)(C)C)cc2)o1. The van der Waals surface area contributed by atoms with Gasteiger partial charge in [0.25, 0.3) is 5.22 Å². The molecule has 2 aromatic rings. The molecule has 1 N–H and O–H groups in total. The second-order valence-corrected chi connectivity index (χ2v) is 7.79. The highest BCUT2D eigenvalue weighted by atomic mass is 32.2. The molecule has 5 nitrogen and oxygen atoms in total. The molecule has 6 heteroatoms. The van der Waals surface area contributed by atoms with Gasteiger partial charge in [0.15, 0.2) is 0 Å². The van der Waals surface area contributed by atoms with E-state index in [0.29, 0.717) is 11.1 Å². The monoisotopic (exact) mass is 347 g/mol. The van der Waals surface area contributed by atoms with Crippen molar-refractivity contribution in [1.29, 1.82) is 0 Å². The van der Waals surface area contributed by atoms with Gasteiger partial charge in [0.1, 0.15) is 0 Å². The van der Waals surface area contributed by atoms with Crippen LogP contribution < -0.4 is 5.32 Å². The molecule has 1 amide bonds. The van der Waals surface area contributed by atoms with Gasteiger partial charge in [-0.15, -0.1) is 10.2 Å². The van der Waals surface area contributed by atoms with Crippen molar-refractivity contribution in [3.8, 4) is 11.5 Å². The zero-order valence-corrected chi connectivity index (χ0v) is 15.7. The molecule has 130 valence electrons. The van der Waals surface area contributed by atoms with E-state index >= 15 is 0 Å². The molecule has 0 saturated heterocycles. The van der Waals surface area contributed by atoms with Crippen molar-refractivity contribution in [3.05, 3.63) is 29.8 Å². The van der Waals surface area contributed by atoms with E-state index in [1.807, 2.05) is 26.0 Å². The van der Waals surface area contributed by atoms with Gasteiger partial charge in [0.05, 0.1) is 5.75 Å². The van der Waals surface area contributed by atoms with Crippen molar-refractivity contribution in [2.24, 2.45) is 0 Å². The van der Waals surface area contributed by atoms with Gasteiger partial charge in [-0.25, -0.2) is 0 Å². The maximum absolute atomic E-state index is 11.8. The van der Waals surface area contributed by atoms with E-state index in [1.165, 1.54) is 17.3 Å². The molecule has 1 heterocycles. The highest BCUT2D eigenvalue weighted by Crippen LogP contribution is 2.27. The minimum absolute atomic E-state index is 0.0244. The Labute approximate surface area is 147 Å². The zero-order valence-electron chi connectivity index (χ0n) is 14.9. The third-order valence-electron chi connectivity index (χ3n) is 3.75. The fraction of sp³-hybridized carbons (Fsp3) is 0.500. The molecule has 0 spiro atoms. The standard InChI is InChI=1S/C18H25N3O2S/c1-6-12(2)19-15(22)11-24-17-21-20-16(23-17)13-7-9-14(10-8-13)18(3,4)5/h7-10,12H,6,11H2,1-5H3,(H,19,22)/t12-/m0/s1. The molecule has 0 aliphatic carbocycles. The van der Waals surface area contributed by atoms with Crippen molar-refractivity contribution in [2.45, 2.75) is 57.7 Å². The van der Waals surface area contributed by atoms with Gasteiger partial charge in [-0.2, -0.15) is 0 Å². The zero-order chi connectivity index (χ0) is 17.7. The van der Waals surface area contributed by atoms with Crippen LogP contribution in [0.2, 0.25) is 0 Å². The van der Waals surface area contributed by atoms with Crippen molar-refractivity contribution in [2.75, 3.05) is 5.75 Å². The molecule has 0 saturated carbocycles. The molecule has 0 aliphatic heterocycles. The Kier molecular flexibility index (Phi) is 6.04. The van der Waals surface area contributed by atoms with Crippen LogP contribution in [-0.4, -0.2) is 27.9 Å². The van der Waals surface area contributed by atoms with E-state index in [4.69, 9.17) is 4.42 Å². The third kappa shape index (κ3) is 5.09. The normalized spacial score (nSPS) is 12.9. The summed E-state index contributed by atoms with van der Waals surface area (Å²) < 4.78 is 5.64. The van der Waals surface area contributed by atoms with E-state index in [2.05, 4.69) is 48.4 Å². The van der Waals surface area contributed by atoms with Gasteiger partial charge in [0.2, 0.25) is 11.8 Å². The van der Waals surface area contributed by atoms with Crippen LogP contribution in [0, 0.1) is 0 Å². The maximum atomic E-state index is 11.8. The molecule has 0 bridgehead atoms. The van der Waals surface area contributed by atoms with Crippen LogP contribution >= 0.6 is 11.8 Å². The van der Waals surface area contributed by atoms with Crippen LogP contribution in [0.15, 0.2) is 33.9 Å². The lowest BCUT2D eigenvalue weighted by molar-refractivity contribution is -0.119. The fourth-order valence-corrected chi connectivity index (χ4v) is 2.62. The Morgan fingerprint density at radius 3 is 2.50 bits per heavy atom. The summed E-state index contributed by atoms with van der Waals surface area (Å²) >= 11 is 1.25. The lowest BCUT2D eigenvalue weighted by atomic mass is 9.87. The van der Waals surface area contributed by atoms with Crippen LogP contribution in [0.4, 0.5) is 0 Å². The van der Waals surface area contributed by atoms with Gasteiger partial charge in [-0.1, -0.05) is 51.6 Å². The van der Waals surface area contributed by atoms with Crippen LogP contribution in [0.1, 0.15) is 46.6 Å². The number of rotatable bonds is 6. The molecule has 1 atom stereocenters. The molecule has 0 aliphatic rings. The first-order chi connectivity index (χ1) is 11.3. The number of thioether (sulfide) groups is 1. The van der Waals surface area contributed by atoms with Gasteiger partial charge >= 0.3 is 0 Å². The van der Waals surface area contributed by atoms with E-state index in [9.17, 15) is 4.79 Å². The number of carbonyl (C=O) groups excluding carboxylic acids is 1. The Hall–Kier alpha value is -1.82. The number of amides is 1. The molecule has 1 aromatic carbocycles. The summed E-state index contributed by atoms with van der Waals surface area (Å²) in [5, 5.41) is 11.4. The van der Waals surface area contributed by atoms with Crippen molar-refractivity contribution in [1.82, 2.24) is 15.5 Å². The van der Waals surface area contributed by atoms with Crippen LogP contribution in [0.25, 0.3) is 11.5 Å². The summed E-state index contributed by atoms with van der Waals surface area (Å²) in [6.07, 6.45) is 0.908. The van der Waals surface area contributed by atoms with Gasteiger partial charge in [-0.05, 0) is 36.5 Å². The van der Waals surface area contributed by atoms with Crippen molar-refractivity contribution < 1.29 is 9.21 Å². The minimum atomic E-state index is -0.0244. The summed E-state index contributed by atoms with van der Waals surface area (Å²) in [7, 11) is 0. The third-order valence-corrected chi connectivity index (χ3v) is 4.57. The van der Waals surface area contributed by atoms with E-state index < -0.39 is 0 Å². The molecule has 2 rings (SSSR count). The Balaban J connectivity index is 1.97. The van der Waals surface area contributed by atoms with Crippen molar-refractivity contribution >= 4 is 17.7 Å². The highest BCUT2D eigenvalue weighted by molar-refractivity contribution is 7.99. The topological polar surface area (TPSA) is 68.0 Å². The van der Waals surface area contributed by atoms with Crippen molar-refractivity contribution in [3.63, 3.8) is 0 Å². The Morgan fingerprint density at radius 1 is 1.25 bits per heavy atom. The average Bonchev–Trinajstić information content (AvgIpc) is 3.01. The van der Waals surface area contributed by atoms with Crippen LogP contribution in [-0.2, 0) is 10.2 Å². The quantitative estimate of drug-likeness (QED) is 0.799. The van der Waals surface area contributed by atoms with E-state index in [-0.39, 0.29) is 23.1 Å². The molecule has 0 unspecified atom stereocenters. The smallest absolute Gasteiger partial charge is 0.277 e. The number of hydrogen-bond acceptors (Lipinski definition) is 5. The van der Waals surface area contributed by atoms with Gasteiger partial charge < -0.3 is 9.73 Å². The summed E-state index contributed by atoms with van der Waals surface area (Å²) in [6.45, 7) is 10.5. The number of nitrogens with one attached hydrogen (secondary N) is 1.